The minimum absolute atomic E-state index is 0.296. The molecule has 1 heterocycles. The third-order valence-corrected chi connectivity index (χ3v) is 3.36. The number of hydrogen-bond acceptors (Lipinski definition) is 5. The first-order chi connectivity index (χ1) is 11.1. The number of nitrogens with one attached hydrogen (secondary N) is 2. The van der Waals surface area contributed by atoms with E-state index in [1.165, 1.54) is 18.3 Å². The van der Waals surface area contributed by atoms with E-state index >= 15 is 0 Å². The number of nitrogens with zero attached hydrogens (tertiary/aromatic N) is 3. The fraction of sp³-hybridized carbons (Fsp3) is 0.0625. The Kier molecular flexibility index (Phi) is 4.34. The molecule has 1 aromatic heterocycles. The maximum atomic E-state index is 12.9. The molecule has 0 spiro atoms. The molecule has 2 aromatic carbocycles. The molecule has 2 N–H and O–H groups in total. The van der Waals surface area contributed by atoms with Gasteiger partial charge in [0.15, 0.2) is 5.82 Å². The van der Waals surface area contributed by atoms with Gasteiger partial charge in [-0.25, -0.2) is 4.39 Å². The largest absolute Gasteiger partial charge is 0.339 e. The van der Waals surface area contributed by atoms with Crippen LogP contribution < -0.4 is 10.6 Å². The summed E-state index contributed by atoms with van der Waals surface area (Å²) in [5.41, 5.74) is 2.52. The van der Waals surface area contributed by atoms with Crippen molar-refractivity contribution in [2.75, 3.05) is 10.6 Å². The second kappa shape index (κ2) is 6.58. The molecule has 0 aliphatic heterocycles. The van der Waals surface area contributed by atoms with Crippen LogP contribution in [0.2, 0.25) is 5.02 Å². The van der Waals surface area contributed by atoms with Gasteiger partial charge in [-0.05, 0) is 48.9 Å². The molecule has 0 aliphatic carbocycles. The first kappa shape index (κ1) is 15.2. The molecule has 0 saturated heterocycles. The molecule has 3 rings (SSSR count). The van der Waals surface area contributed by atoms with Gasteiger partial charge in [0.1, 0.15) is 5.82 Å². The predicted molar refractivity (Wildman–Crippen MR) is 89.0 cm³/mol. The molecular formula is C16H13ClFN5. The Hall–Kier alpha value is -2.73. The smallest absolute Gasteiger partial charge is 0.249 e. The molecule has 5 nitrogen and oxygen atoms in total. The summed E-state index contributed by atoms with van der Waals surface area (Å²) in [6, 6.07) is 11.5. The van der Waals surface area contributed by atoms with E-state index in [2.05, 4.69) is 25.8 Å². The fourth-order valence-corrected chi connectivity index (χ4v) is 2.12. The van der Waals surface area contributed by atoms with Gasteiger partial charge in [-0.1, -0.05) is 17.7 Å². The lowest BCUT2D eigenvalue weighted by molar-refractivity contribution is 0.628. The Morgan fingerprint density at radius 1 is 1.04 bits per heavy atom. The van der Waals surface area contributed by atoms with Crippen molar-refractivity contribution >= 4 is 34.7 Å². The Morgan fingerprint density at radius 2 is 1.83 bits per heavy atom. The number of anilines is 4. The van der Waals surface area contributed by atoms with Crippen LogP contribution in [0.4, 0.5) is 27.5 Å². The van der Waals surface area contributed by atoms with Crippen molar-refractivity contribution in [2.24, 2.45) is 0 Å². The monoisotopic (exact) mass is 329 g/mol. The molecule has 0 aliphatic rings. The van der Waals surface area contributed by atoms with E-state index in [9.17, 15) is 4.39 Å². The van der Waals surface area contributed by atoms with Crippen LogP contribution in [0.1, 0.15) is 5.56 Å². The maximum Gasteiger partial charge on any atom is 0.249 e. The zero-order valence-electron chi connectivity index (χ0n) is 12.2. The molecule has 0 atom stereocenters. The molecule has 0 amide bonds. The number of rotatable bonds is 4. The van der Waals surface area contributed by atoms with Crippen LogP contribution in [0.5, 0.6) is 0 Å². The van der Waals surface area contributed by atoms with Crippen LogP contribution in [0.3, 0.4) is 0 Å². The molecule has 0 bridgehead atoms. The quantitative estimate of drug-likeness (QED) is 0.740. The van der Waals surface area contributed by atoms with Gasteiger partial charge in [0.2, 0.25) is 5.95 Å². The van der Waals surface area contributed by atoms with E-state index < -0.39 is 0 Å². The summed E-state index contributed by atoms with van der Waals surface area (Å²) in [6.07, 6.45) is 1.49. The van der Waals surface area contributed by atoms with Crippen LogP contribution in [0, 0.1) is 12.7 Å². The predicted octanol–water partition coefficient (Wildman–Crippen LogP) is 4.46. The first-order valence-corrected chi connectivity index (χ1v) is 7.23. The lowest BCUT2D eigenvalue weighted by Gasteiger charge is -2.09. The summed E-state index contributed by atoms with van der Waals surface area (Å²) in [7, 11) is 0. The summed E-state index contributed by atoms with van der Waals surface area (Å²) in [6.45, 7) is 1.95. The second-order valence-corrected chi connectivity index (χ2v) is 5.32. The zero-order valence-corrected chi connectivity index (χ0v) is 13.0. The van der Waals surface area contributed by atoms with E-state index in [1.54, 1.807) is 18.2 Å². The van der Waals surface area contributed by atoms with Crippen molar-refractivity contribution in [1.82, 2.24) is 15.2 Å². The number of aromatic nitrogens is 3. The van der Waals surface area contributed by atoms with Gasteiger partial charge in [0, 0.05) is 16.4 Å². The summed E-state index contributed by atoms with van der Waals surface area (Å²) < 4.78 is 12.9. The Bertz CT molecular complexity index is 823. The SMILES string of the molecule is Cc1ccc(Cl)cc1Nc1nncc(Nc2ccc(F)cc2)n1. The Balaban J connectivity index is 1.79. The molecule has 0 radical (unpaired) electrons. The van der Waals surface area contributed by atoms with Crippen LogP contribution in [-0.2, 0) is 0 Å². The van der Waals surface area contributed by atoms with Crippen LogP contribution >= 0.6 is 11.6 Å². The molecule has 116 valence electrons. The molecule has 0 unspecified atom stereocenters. The Morgan fingerprint density at radius 3 is 2.61 bits per heavy atom. The summed E-state index contributed by atoms with van der Waals surface area (Å²) in [5.74, 6) is 0.534. The van der Waals surface area contributed by atoms with E-state index in [-0.39, 0.29) is 5.82 Å². The average Bonchev–Trinajstić information content (AvgIpc) is 2.54. The van der Waals surface area contributed by atoms with Gasteiger partial charge in [0.25, 0.3) is 0 Å². The Labute approximate surface area is 137 Å². The van der Waals surface area contributed by atoms with Gasteiger partial charge < -0.3 is 10.6 Å². The lowest BCUT2D eigenvalue weighted by Crippen LogP contribution is -2.03. The lowest BCUT2D eigenvalue weighted by atomic mass is 10.2. The normalized spacial score (nSPS) is 10.4. The molecule has 7 heteroatoms. The number of hydrogen-bond donors (Lipinski definition) is 2. The van der Waals surface area contributed by atoms with Gasteiger partial charge >= 0.3 is 0 Å². The molecule has 23 heavy (non-hydrogen) atoms. The second-order valence-electron chi connectivity index (χ2n) is 4.88. The van der Waals surface area contributed by atoms with Crippen LogP contribution in [-0.4, -0.2) is 15.2 Å². The highest BCUT2D eigenvalue weighted by atomic mass is 35.5. The fourth-order valence-electron chi connectivity index (χ4n) is 1.95. The first-order valence-electron chi connectivity index (χ1n) is 6.86. The number of aryl methyl sites for hydroxylation is 1. The van der Waals surface area contributed by atoms with Crippen molar-refractivity contribution in [2.45, 2.75) is 6.92 Å². The van der Waals surface area contributed by atoms with Gasteiger partial charge in [-0.2, -0.15) is 10.1 Å². The zero-order chi connectivity index (χ0) is 16.2. The highest BCUT2D eigenvalue weighted by Crippen LogP contribution is 2.23. The minimum atomic E-state index is -0.296. The van der Waals surface area contributed by atoms with Crippen molar-refractivity contribution < 1.29 is 4.39 Å². The highest BCUT2D eigenvalue weighted by Gasteiger charge is 2.05. The van der Waals surface area contributed by atoms with Gasteiger partial charge in [0.05, 0.1) is 6.20 Å². The summed E-state index contributed by atoms with van der Waals surface area (Å²) in [5, 5.41) is 14.6. The van der Waals surface area contributed by atoms with Crippen molar-refractivity contribution in [3.8, 4) is 0 Å². The topological polar surface area (TPSA) is 62.7 Å². The van der Waals surface area contributed by atoms with E-state index in [0.717, 1.165) is 11.3 Å². The molecule has 0 saturated carbocycles. The van der Waals surface area contributed by atoms with E-state index in [1.807, 2.05) is 19.1 Å². The summed E-state index contributed by atoms with van der Waals surface area (Å²) in [4.78, 5) is 4.32. The van der Waals surface area contributed by atoms with Crippen molar-refractivity contribution in [1.29, 1.82) is 0 Å². The minimum Gasteiger partial charge on any atom is -0.339 e. The van der Waals surface area contributed by atoms with Gasteiger partial charge in [-0.15, -0.1) is 5.10 Å². The molecule has 3 aromatic rings. The number of benzene rings is 2. The van der Waals surface area contributed by atoms with E-state index in [4.69, 9.17) is 11.6 Å². The number of halogens is 2. The van der Waals surface area contributed by atoms with Crippen LogP contribution in [0.25, 0.3) is 0 Å². The van der Waals surface area contributed by atoms with Crippen LogP contribution in [0.15, 0.2) is 48.7 Å². The van der Waals surface area contributed by atoms with Gasteiger partial charge in [-0.3, -0.25) is 0 Å². The average molecular weight is 330 g/mol. The van der Waals surface area contributed by atoms with E-state index in [0.29, 0.717) is 22.5 Å². The highest BCUT2D eigenvalue weighted by molar-refractivity contribution is 6.30. The van der Waals surface area contributed by atoms with Crippen molar-refractivity contribution in [3.05, 3.63) is 65.1 Å². The van der Waals surface area contributed by atoms with Crippen molar-refractivity contribution in [3.63, 3.8) is 0 Å². The standard InChI is InChI=1S/C16H13ClFN5/c1-10-2-3-11(17)8-14(10)21-16-22-15(9-19-23-16)20-13-6-4-12(18)5-7-13/h2-9H,1H3,(H2,20,21,22,23). The third kappa shape index (κ3) is 3.92. The molecule has 0 fully saturated rings. The maximum absolute atomic E-state index is 12.9. The summed E-state index contributed by atoms with van der Waals surface area (Å²) >= 11 is 5.99. The third-order valence-electron chi connectivity index (χ3n) is 3.12. The molecular weight excluding hydrogens is 317 g/mol.